The lowest BCUT2D eigenvalue weighted by Crippen LogP contribution is -1.94. The van der Waals surface area contributed by atoms with Crippen LogP contribution in [0.25, 0.3) is 97.1 Å². The van der Waals surface area contributed by atoms with Crippen molar-refractivity contribution >= 4 is 87.6 Å². The van der Waals surface area contributed by atoms with Crippen LogP contribution in [0.3, 0.4) is 0 Å². The first-order chi connectivity index (χ1) is 23.7. The predicted molar refractivity (Wildman–Crippen MR) is 198 cm³/mol. The van der Waals surface area contributed by atoms with Gasteiger partial charge in [0.25, 0.3) is 5.82 Å². The molecule has 0 unspecified atom stereocenters. The van der Waals surface area contributed by atoms with Crippen LogP contribution in [0, 0.1) is 13.1 Å². The Hall–Kier alpha value is -6.95. The fourth-order valence-corrected chi connectivity index (χ4v) is 7.67. The topological polar surface area (TPSA) is 31.5 Å². The van der Waals surface area contributed by atoms with Gasteiger partial charge in [-0.05, 0) is 76.8 Å². The van der Waals surface area contributed by atoms with E-state index in [9.17, 15) is 0 Å². The normalized spacial score (nSPS) is 11.7. The number of fused-ring (bicyclic) bond motifs is 12. The van der Waals surface area contributed by atoms with Gasteiger partial charge in [0, 0.05) is 43.7 Å². The van der Waals surface area contributed by atoms with Crippen molar-refractivity contribution < 1.29 is 0 Å². The summed E-state index contributed by atoms with van der Waals surface area (Å²) in [7, 11) is 0. The van der Waals surface area contributed by atoms with Gasteiger partial charge in [0.1, 0.15) is 0 Å². The summed E-state index contributed by atoms with van der Waals surface area (Å²) in [4.78, 5) is 12.4. The van der Waals surface area contributed by atoms with Crippen molar-refractivity contribution in [1.82, 2.24) is 14.1 Å². The van der Waals surface area contributed by atoms with Crippen LogP contribution in [-0.4, -0.2) is 14.1 Å². The summed E-state index contributed by atoms with van der Waals surface area (Å²) in [6.45, 7) is 15.8. The third-order valence-corrected chi connectivity index (χ3v) is 9.70. The molecule has 0 radical (unpaired) electrons. The maximum absolute atomic E-state index is 7.91. The molecule has 0 aliphatic heterocycles. The number of hydrogen-bond donors (Lipinski definition) is 0. The summed E-state index contributed by atoms with van der Waals surface area (Å²) in [6.07, 6.45) is 0. The minimum Gasteiger partial charge on any atom is -0.371 e. The number of pyridine rings is 1. The van der Waals surface area contributed by atoms with E-state index in [4.69, 9.17) is 18.1 Å². The van der Waals surface area contributed by atoms with Crippen LogP contribution in [0.4, 0.5) is 11.5 Å². The van der Waals surface area contributed by atoms with Gasteiger partial charge in [-0.25, -0.2) is 4.85 Å². The molecule has 0 amide bonds. The second-order valence-corrected chi connectivity index (χ2v) is 12.2. The van der Waals surface area contributed by atoms with Crippen molar-refractivity contribution in [2.45, 2.75) is 0 Å². The van der Waals surface area contributed by atoms with Crippen molar-refractivity contribution in [2.75, 3.05) is 0 Å². The zero-order valence-electron chi connectivity index (χ0n) is 25.5. The van der Waals surface area contributed by atoms with Crippen LogP contribution in [0.1, 0.15) is 0 Å². The molecular formula is C43H23N5. The van der Waals surface area contributed by atoms with Crippen LogP contribution < -0.4 is 0 Å². The summed E-state index contributed by atoms with van der Waals surface area (Å²) in [5.41, 5.74) is 7.55. The number of rotatable bonds is 2. The highest BCUT2D eigenvalue weighted by Gasteiger charge is 2.22. The highest BCUT2D eigenvalue weighted by Crippen LogP contribution is 2.45. The van der Waals surface area contributed by atoms with Crippen molar-refractivity contribution in [1.29, 1.82) is 0 Å². The smallest absolute Gasteiger partial charge is 0.274 e. The molecule has 5 heteroatoms. The molecule has 0 N–H and O–H groups in total. The Labute approximate surface area is 274 Å². The van der Waals surface area contributed by atoms with Gasteiger partial charge in [0.2, 0.25) is 5.69 Å². The third-order valence-electron chi connectivity index (χ3n) is 9.70. The highest BCUT2D eigenvalue weighted by atomic mass is 15.0. The molecule has 0 spiro atoms. The standard InChI is InChI=1S/C43H23N5/c1-44-37-23-35-32-24-40-33(28-17-9-11-19-38(28)47(40)26-13-5-3-6-14-26)21-30(32)31-22-34-29-18-10-12-20-39(29)48(27-15-7-4-8-16-27)41(34)25-36(31)42(35)46-43(37)45-2/h3-25H. The molecule has 0 aliphatic rings. The van der Waals surface area contributed by atoms with Gasteiger partial charge in [-0.2, -0.15) is 0 Å². The summed E-state index contributed by atoms with van der Waals surface area (Å²) in [5, 5.41) is 9.64. The van der Waals surface area contributed by atoms with Crippen LogP contribution in [0.15, 0.2) is 140 Å². The zero-order valence-corrected chi connectivity index (χ0v) is 25.5. The first-order valence-electron chi connectivity index (χ1n) is 15.8. The van der Waals surface area contributed by atoms with E-state index in [2.05, 4.69) is 140 Å². The number of aromatic nitrogens is 3. The SMILES string of the molecule is [C-]#[N+]c1cc2c3cc4c(cc3c3cc5c6ccccc6n(-c6ccccc6)c5cc3c2nc1[N+]#[C-])c1ccccc1n4-c1ccccc1. The fourth-order valence-electron chi connectivity index (χ4n) is 7.67. The third kappa shape index (κ3) is 3.50. The van der Waals surface area contributed by atoms with E-state index in [1.807, 2.05) is 18.2 Å². The van der Waals surface area contributed by atoms with Gasteiger partial charge in [-0.3, -0.25) is 0 Å². The Morgan fingerprint density at radius 3 is 1.40 bits per heavy atom. The van der Waals surface area contributed by atoms with Gasteiger partial charge in [0.15, 0.2) is 5.52 Å². The summed E-state index contributed by atoms with van der Waals surface area (Å²) in [6, 6.07) is 48.9. The van der Waals surface area contributed by atoms with Crippen molar-refractivity contribution in [3.8, 4) is 11.4 Å². The maximum atomic E-state index is 7.91. The fraction of sp³-hybridized carbons (Fsp3) is 0. The van der Waals surface area contributed by atoms with E-state index in [0.29, 0.717) is 0 Å². The monoisotopic (exact) mass is 609 g/mol. The number of nitrogens with zero attached hydrogens (tertiary/aromatic N) is 5. The Bertz CT molecular complexity index is 2850. The lowest BCUT2D eigenvalue weighted by molar-refractivity contribution is 1.18. The highest BCUT2D eigenvalue weighted by molar-refractivity contribution is 6.31. The second kappa shape index (κ2) is 9.77. The first-order valence-corrected chi connectivity index (χ1v) is 15.8. The number of benzene rings is 7. The predicted octanol–water partition coefficient (Wildman–Crippen LogP) is 11.8. The maximum Gasteiger partial charge on any atom is 0.274 e. The number of para-hydroxylation sites is 4. The Morgan fingerprint density at radius 1 is 0.396 bits per heavy atom. The Morgan fingerprint density at radius 2 is 0.854 bits per heavy atom. The van der Waals surface area contributed by atoms with E-state index in [1.165, 1.54) is 10.8 Å². The Balaban J connectivity index is 1.46. The molecule has 0 saturated carbocycles. The molecule has 0 aliphatic carbocycles. The Kier molecular flexibility index (Phi) is 5.35. The molecule has 10 rings (SSSR count). The molecule has 220 valence electrons. The van der Waals surface area contributed by atoms with Crippen LogP contribution in [-0.2, 0) is 0 Å². The largest absolute Gasteiger partial charge is 0.371 e. The average Bonchev–Trinajstić information content (AvgIpc) is 3.65. The van der Waals surface area contributed by atoms with Gasteiger partial charge < -0.3 is 14.0 Å². The van der Waals surface area contributed by atoms with Gasteiger partial charge >= 0.3 is 0 Å². The van der Waals surface area contributed by atoms with Crippen molar-refractivity contribution in [3.05, 3.63) is 162 Å². The van der Waals surface area contributed by atoms with E-state index in [0.717, 1.165) is 76.7 Å². The molecule has 0 saturated heterocycles. The number of hydrogen-bond acceptors (Lipinski definition) is 1. The summed E-state index contributed by atoms with van der Waals surface area (Å²) in [5.74, 6) is 0.126. The molecule has 10 aromatic rings. The molecule has 5 nitrogen and oxygen atoms in total. The van der Waals surface area contributed by atoms with Crippen LogP contribution in [0.2, 0.25) is 0 Å². The first kappa shape index (κ1) is 26.3. The molecule has 3 heterocycles. The van der Waals surface area contributed by atoms with E-state index >= 15 is 0 Å². The van der Waals surface area contributed by atoms with Gasteiger partial charge in [0.05, 0.1) is 28.6 Å². The van der Waals surface area contributed by atoms with Crippen LogP contribution >= 0.6 is 0 Å². The minimum absolute atomic E-state index is 0.126. The second-order valence-electron chi connectivity index (χ2n) is 12.2. The lowest BCUT2D eigenvalue weighted by Gasteiger charge is -2.13. The minimum atomic E-state index is 0.126. The van der Waals surface area contributed by atoms with Gasteiger partial charge in [-0.15, -0.1) is 4.98 Å². The molecular weight excluding hydrogens is 587 g/mol. The zero-order chi connectivity index (χ0) is 31.9. The quantitative estimate of drug-likeness (QED) is 0.142. The molecule has 3 aromatic heterocycles. The van der Waals surface area contributed by atoms with Crippen molar-refractivity contribution in [2.24, 2.45) is 0 Å². The van der Waals surface area contributed by atoms with Crippen LogP contribution in [0.5, 0.6) is 0 Å². The van der Waals surface area contributed by atoms with E-state index < -0.39 is 0 Å². The molecule has 0 fully saturated rings. The molecule has 0 atom stereocenters. The summed E-state index contributed by atoms with van der Waals surface area (Å²) >= 11 is 0. The van der Waals surface area contributed by atoms with Gasteiger partial charge in [-0.1, -0.05) is 85.4 Å². The molecule has 0 bridgehead atoms. The molecule has 7 aromatic carbocycles. The molecule has 48 heavy (non-hydrogen) atoms. The van der Waals surface area contributed by atoms with E-state index in [-0.39, 0.29) is 11.5 Å². The lowest BCUT2D eigenvalue weighted by atomic mass is 9.94. The van der Waals surface area contributed by atoms with E-state index in [1.54, 1.807) is 0 Å². The van der Waals surface area contributed by atoms with Crippen molar-refractivity contribution in [3.63, 3.8) is 0 Å². The summed E-state index contributed by atoms with van der Waals surface area (Å²) < 4.78 is 4.62. The average molecular weight is 610 g/mol.